The van der Waals surface area contributed by atoms with E-state index < -0.39 is 60.0 Å². The Labute approximate surface area is 588 Å². The van der Waals surface area contributed by atoms with Crippen LogP contribution in [0.15, 0.2) is 66.2 Å². The van der Waals surface area contributed by atoms with Gasteiger partial charge < -0.3 is 41.0 Å². The van der Waals surface area contributed by atoms with Crippen molar-refractivity contribution in [2.24, 2.45) is 59.0 Å². The molecule has 2 saturated heterocycles. The summed E-state index contributed by atoms with van der Waals surface area (Å²) in [6, 6.07) is 14.3. The number of thiazole rings is 1. The first-order valence-corrected chi connectivity index (χ1v) is 36.8. The second-order valence-corrected chi connectivity index (χ2v) is 29.9. The molecule has 2 fully saturated rings. The molecular formula is C76H117N9O12S. The van der Waals surface area contributed by atoms with E-state index in [0.29, 0.717) is 71.0 Å². The van der Waals surface area contributed by atoms with Crippen molar-refractivity contribution < 1.29 is 57.4 Å². The molecule has 2 aliphatic rings. The van der Waals surface area contributed by atoms with E-state index in [1.54, 1.807) is 32.4 Å². The molecule has 3 aromatic rings. The summed E-state index contributed by atoms with van der Waals surface area (Å²) in [4.78, 5) is 148. The summed E-state index contributed by atoms with van der Waals surface area (Å²) < 4.78 is 12.3. The van der Waals surface area contributed by atoms with Crippen LogP contribution in [0.1, 0.15) is 187 Å². The molecule has 1 unspecified atom stereocenters. The van der Waals surface area contributed by atoms with Crippen molar-refractivity contribution in [2.75, 3.05) is 54.5 Å². The highest BCUT2D eigenvalue weighted by Crippen LogP contribution is 2.33. The van der Waals surface area contributed by atoms with E-state index in [0.717, 1.165) is 28.1 Å². The maximum atomic E-state index is 15.0. The van der Waals surface area contributed by atoms with Crippen molar-refractivity contribution in [1.29, 1.82) is 0 Å². The summed E-state index contributed by atoms with van der Waals surface area (Å²) in [6.45, 7) is 23.1. The second kappa shape index (κ2) is 40.5. The van der Waals surface area contributed by atoms with Gasteiger partial charge >= 0.3 is 6.03 Å². The van der Waals surface area contributed by atoms with Crippen molar-refractivity contribution >= 4 is 70.2 Å². The number of nitrogens with one attached hydrogen (secondary N) is 3. The van der Waals surface area contributed by atoms with Gasteiger partial charge in [-0.3, -0.25) is 53.0 Å². The molecule has 0 radical (unpaired) electrons. The normalized spacial score (nSPS) is 18.1. The molecule has 1 aromatic heterocycles. The average Bonchev–Trinajstić information content (AvgIpc) is 1.67. The predicted molar refractivity (Wildman–Crippen MR) is 382 cm³/mol. The van der Waals surface area contributed by atoms with E-state index in [9.17, 15) is 43.2 Å². The maximum absolute atomic E-state index is 15.0. The number of Topliss-reactive ketones (excluding diaryl/α,β-unsaturated/α-hetero) is 3. The van der Waals surface area contributed by atoms with Gasteiger partial charge in [-0.1, -0.05) is 144 Å². The second-order valence-electron chi connectivity index (χ2n) is 28.9. The first-order chi connectivity index (χ1) is 46.5. The number of likely N-dealkylation sites (N-methyl/N-ethyl adjacent to an activating group) is 2. The van der Waals surface area contributed by atoms with Crippen LogP contribution in [0.5, 0.6) is 0 Å². The number of benzene rings is 2. The van der Waals surface area contributed by atoms with Crippen molar-refractivity contribution in [3.05, 3.63) is 87.9 Å². The highest BCUT2D eigenvalue weighted by atomic mass is 32.1. The van der Waals surface area contributed by atoms with Gasteiger partial charge in [-0.15, -0.1) is 11.3 Å². The molecule has 12 atom stereocenters. The summed E-state index contributed by atoms with van der Waals surface area (Å²) in [5.74, 6) is -4.25. The first kappa shape index (κ1) is 81.9. The number of nitrogens with two attached hydrogens (primary N) is 1. The molecule has 3 heterocycles. The number of nitrogens with zero attached hydrogens (tertiary/aromatic N) is 5. The van der Waals surface area contributed by atoms with E-state index in [2.05, 4.69) is 27.9 Å². The lowest BCUT2D eigenvalue weighted by molar-refractivity contribution is -0.149. The Hall–Kier alpha value is -6.75. The van der Waals surface area contributed by atoms with E-state index in [1.165, 1.54) is 16.2 Å². The Morgan fingerprint density at radius 2 is 1.43 bits per heavy atom. The number of carbonyl (C=O) groups is 10. The molecular weight excluding hydrogens is 1260 g/mol. The zero-order chi connectivity index (χ0) is 72.5. The number of aromatic nitrogens is 1. The molecule has 2 aromatic carbocycles. The number of amides is 8. The molecule has 98 heavy (non-hydrogen) atoms. The molecule has 0 saturated carbocycles. The molecule has 22 heteroatoms. The van der Waals surface area contributed by atoms with Crippen LogP contribution in [0, 0.1) is 53.3 Å². The Morgan fingerprint density at radius 3 is 2.01 bits per heavy atom. The topological polar surface area (TPSA) is 277 Å². The minimum absolute atomic E-state index is 0.00249. The fourth-order valence-corrected chi connectivity index (χ4v) is 15.0. The van der Waals surface area contributed by atoms with Gasteiger partial charge in [0.25, 0.3) is 0 Å². The minimum atomic E-state index is -0.897. The lowest BCUT2D eigenvalue weighted by Gasteiger charge is -2.41. The molecule has 544 valence electrons. The van der Waals surface area contributed by atoms with Crippen molar-refractivity contribution in [3.8, 4) is 0 Å². The van der Waals surface area contributed by atoms with Gasteiger partial charge in [0, 0.05) is 109 Å². The van der Waals surface area contributed by atoms with Crippen molar-refractivity contribution in [2.45, 2.75) is 221 Å². The van der Waals surface area contributed by atoms with Crippen LogP contribution in [-0.2, 0) is 71.9 Å². The fourth-order valence-electron chi connectivity index (χ4n) is 14.3. The van der Waals surface area contributed by atoms with Gasteiger partial charge in [0.15, 0.2) is 11.6 Å². The minimum Gasteiger partial charge on any atom is -0.379 e. The van der Waals surface area contributed by atoms with Gasteiger partial charge in [-0.05, 0) is 105 Å². The number of hydrogen-bond acceptors (Lipinski definition) is 15. The van der Waals surface area contributed by atoms with Gasteiger partial charge in [0.1, 0.15) is 10.8 Å². The SMILES string of the molecule is CC[C@H](C)[C@@H]([C@@H](CC(=O)N1CCC[C@H]1[C@H](OC)[C@@H](C)C(=O)N[C@@H](Cc1ccccc1)c1nccs1)OC)N(C)C(=O)[C@@H](CC(=O)[C@H](C(C)C)N(C)CCc1ccc(CC(=O)[C@H](CCCNC(N)=O)NC(=O)[C@@H](CC(=O)CCCCCN2C(=O)CC(C(C)C)C2=O)C(C)C)cc1)C(C)C. The lowest BCUT2D eigenvalue weighted by atomic mass is 9.83. The lowest BCUT2D eigenvalue weighted by Crippen LogP contribution is -2.54. The van der Waals surface area contributed by atoms with Gasteiger partial charge in [0.2, 0.25) is 35.4 Å². The number of primary amides is 1. The number of likely N-dealkylation sites (tertiary alicyclic amines) is 2. The number of ketones is 3. The summed E-state index contributed by atoms with van der Waals surface area (Å²) in [6.07, 6.45) is 6.62. The van der Waals surface area contributed by atoms with Gasteiger partial charge in [-0.2, -0.15) is 0 Å². The van der Waals surface area contributed by atoms with Crippen LogP contribution in [0.4, 0.5) is 4.79 Å². The van der Waals surface area contributed by atoms with E-state index in [-0.39, 0.29) is 146 Å². The van der Waals surface area contributed by atoms with Crippen LogP contribution in [0.2, 0.25) is 0 Å². The van der Waals surface area contributed by atoms with Crippen LogP contribution in [0.3, 0.4) is 0 Å². The molecule has 0 spiro atoms. The molecule has 21 nitrogen and oxygen atoms in total. The molecule has 0 aliphatic carbocycles. The van der Waals surface area contributed by atoms with E-state index in [4.69, 9.17) is 15.2 Å². The predicted octanol–water partition coefficient (Wildman–Crippen LogP) is 9.76. The summed E-state index contributed by atoms with van der Waals surface area (Å²) in [5.41, 5.74) is 8.10. The molecule has 5 rings (SSSR count). The quantitative estimate of drug-likeness (QED) is 0.0303. The van der Waals surface area contributed by atoms with Crippen LogP contribution >= 0.6 is 11.3 Å². The third-order valence-corrected chi connectivity index (χ3v) is 21.3. The smallest absolute Gasteiger partial charge is 0.312 e. The fraction of sp³-hybridized carbons (Fsp3) is 0.671. The number of urea groups is 1. The Kier molecular flexibility index (Phi) is 33.8. The summed E-state index contributed by atoms with van der Waals surface area (Å²) in [7, 11) is 6.85. The Morgan fingerprint density at radius 1 is 0.755 bits per heavy atom. The highest BCUT2D eigenvalue weighted by Gasteiger charge is 2.45. The molecule has 5 N–H and O–H groups in total. The third-order valence-electron chi connectivity index (χ3n) is 20.4. The van der Waals surface area contributed by atoms with Crippen molar-refractivity contribution in [1.82, 2.24) is 40.5 Å². The largest absolute Gasteiger partial charge is 0.379 e. The number of methoxy groups -OCH3 is 2. The van der Waals surface area contributed by atoms with E-state index >= 15 is 4.79 Å². The number of rotatable bonds is 44. The monoisotopic (exact) mass is 1380 g/mol. The number of carbonyl (C=O) groups excluding carboxylic acids is 10. The average molecular weight is 1380 g/mol. The van der Waals surface area contributed by atoms with Gasteiger partial charge in [-0.25, -0.2) is 9.78 Å². The zero-order valence-electron chi connectivity index (χ0n) is 61.4. The van der Waals surface area contributed by atoms with Crippen LogP contribution < -0.4 is 21.7 Å². The molecule has 0 bridgehead atoms. The first-order valence-electron chi connectivity index (χ1n) is 35.9. The number of ether oxygens (including phenoxy) is 2. The van der Waals surface area contributed by atoms with Crippen LogP contribution in [-0.4, -0.2) is 174 Å². The number of hydrogen-bond donors (Lipinski definition) is 4. The highest BCUT2D eigenvalue weighted by molar-refractivity contribution is 7.09. The Bertz CT molecular complexity index is 3050. The summed E-state index contributed by atoms with van der Waals surface area (Å²) in [5, 5.41) is 11.4. The van der Waals surface area contributed by atoms with Gasteiger partial charge in [0.05, 0.1) is 54.8 Å². The zero-order valence-corrected chi connectivity index (χ0v) is 62.2. The van der Waals surface area contributed by atoms with Crippen LogP contribution in [0.25, 0.3) is 0 Å². The Balaban J connectivity index is 1.18. The molecule has 8 amide bonds. The third kappa shape index (κ3) is 24.0. The van der Waals surface area contributed by atoms with E-state index in [1.807, 2.05) is 146 Å². The molecule has 2 aliphatic heterocycles. The van der Waals surface area contributed by atoms with Crippen molar-refractivity contribution in [3.63, 3.8) is 0 Å². The summed E-state index contributed by atoms with van der Waals surface area (Å²) >= 11 is 1.49. The standard InChI is InChI=1S/C76H117N9O12S/c1-16-51(10)69(65(96-14)46-67(90)84-38-24-29-62(84)70(97-15)52(11)71(91)81-61(73-78-36-40-98-73)41-54-25-19-17-20-26-54)83(13)74(93)58(48(4)5)44-64(88)68(50(8)9)82(12)39-34-53-30-32-55(33-31-53)42-63(87)60(28-23-35-79-76(77)95)80-72(92)57(47(2)3)43-56(86)27-21-18-22-37-85-66(89)45-59(49(6)7)75(85)94/h17,19-20,25-26,30-33,36,40,47-52,57-62,65,68-70H,16,18,21-24,27-29,34-35,37-39,41-46H2,1-15H3,(H,80,92)(H,81,91)(H3,77,79,95)/t51-,52+,57-,58-,59?,60-,61-,62-,65+,68-,69-,70+/m0/s1. The number of imide groups is 1. The maximum Gasteiger partial charge on any atom is 0.312 e. The number of unbranched alkanes of at least 4 members (excludes halogenated alkanes) is 2.